The zero-order chi connectivity index (χ0) is 14.6. The van der Waals surface area contributed by atoms with Crippen molar-refractivity contribution in [2.24, 2.45) is 4.99 Å². The first-order valence-electron chi connectivity index (χ1n) is 8.07. The number of aliphatic imine (C=N–C) groups is 1. The van der Waals surface area contributed by atoms with Crippen molar-refractivity contribution in [2.75, 3.05) is 44.7 Å². The van der Waals surface area contributed by atoms with E-state index in [1.165, 1.54) is 38.0 Å². The third-order valence-electron chi connectivity index (χ3n) is 3.78. The van der Waals surface area contributed by atoms with Crippen molar-refractivity contribution in [3.05, 3.63) is 0 Å². The summed E-state index contributed by atoms with van der Waals surface area (Å²) >= 11 is 1.92. The number of nitrogens with one attached hydrogen (secondary N) is 2. The number of guanidine groups is 1. The highest BCUT2D eigenvalue weighted by Gasteiger charge is 2.22. The molecule has 0 saturated carbocycles. The summed E-state index contributed by atoms with van der Waals surface area (Å²) in [4.78, 5) is 7.31. The molecule has 21 heavy (non-hydrogen) atoms. The molecule has 0 bridgehead atoms. The smallest absolute Gasteiger partial charge is 0.191 e. The lowest BCUT2D eigenvalue weighted by atomic mass is 10.2. The molecule has 1 fully saturated rings. The molecule has 0 amide bonds. The van der Waals surface area contributed by atoms with E-state index in [1.807, 2.05) is 11.8 Å². The third-order valence-corrected chi connectivity index (χ3v) is 4.47. The van der Waals surface area contributed by atoms with Crippen LogP contribution in [0.3, 0.4) is 0 Å². The fourth-order valence-corrected chi connectivity index (χ4v) is 3.13. The highest BCUT2D eigenvalue weighted by Crippen LogP contribution is 2.16. The molecule has 0 aliphatic carbocycles. The Morgan fingerprint density at radius 3 is 2.76 bits per heavy atom. The molecular weight excluding hydrogens is 395 g/mol. The van der Waals surface area contributed by atoms with Gasteiger partial charge in [-0.05, 0) is 57.7 Å². The molecule has 0 aromatic rings. The van der Waals surface area contributed by atoms with E-state index in [2.05, 4.69) is 35.6 Å². The number of rotatable bonds is 9. The van der Waals surface area contributed by atoms with E-state index < -0.39 is 0 Å². The number of unbranched alkanes of at least 4 members (excludes halogenated alkanes) is 1. The SMILES string of the molecule is CCNC(=NCC1CCCN1CC)NCCCCSC.I. The number of hydrogen-bond acceptors (Lipinski definition) is 3. The second-order valence-electron chi connectivity index (χ2n) is 5.27. The van der Waals surface area contributed by atoms with E-state index in [9.17, 15) is 0 Å². The van der Waals surface area contributed by atoms with Crippen LogP contribution in [0.2, 0.25) is 0 Å². The second-order valence-corrected chi connectivity index (χ2v) is 6.26. The Morgan fingerprint density at radius 2 is 2.10 bits per heavy atom. The first-order valence-corrected chi connectivity index (χ1v) is 9.46. The van der Waals surface area contributed by atoms with Crippen LogP contribution in [0.15, 0.2) is 4.99 Å². The largest absolute Gasteiger partial charge is 0.357 e. The predicted octanol–water partition coefficient (Wildman–Crippen LogP) is 2.79. The van der Waals surface area contributed by atoms with E-state index >= 15 is 0 Å². The lowest BCUT2D eigenvalue weighted by Gasteiger charge is -2.21. The van der Waals surface area contributed by atoms with Crippen LogP contribution in [0.5, 0.6) is 0 Å². The lowest BCUT2D eigenvalue weighted by Crippen LogP contribution is -2.39. The molecule has 1 atom stereocenters. The highest BCUT2D eigenvalue weighted by atomic mass is 127. The summed E-state index contributed by atoms with van der Waals surface area (Å²) in [7, 11) is 0. The Labute approximate surface area is 152 Å². The van der Waals surface area contributed by atoms with Crippen molar-refractivity contribution in [3.8, 4) is 0 Å². The van der Waals surface area contributed by atoms with Crippen LogP contribution < -0.4 is 10.6 Å². The highest BCUT2D eigenvalue weighted by molar-refractivity contribution is 14.0. The van der Waals surface area contributed by atoms with Gasteiger partial charge in [0.05, 0.1) is 6.54 Å². The molecule has 6 heteroatoms. The Hall–Kier alpha value is 0.310. The van der Waals surface area contributed by atoms with Crippen molar-refractivity contribution in [2.45, 2.75) is 45.6 Å². The first kappa shape index (κ1) is 21.3. The van der Waals surface area contributed by atoms with Crippen LogP contribution >= 0.6 is 35.7 Å². The molecule has 0 aromatic heterocycles. The maximum absolute atomic E-state index is 4.76. The number of likely N-dealkylation sites (N-methyl/N-ethyl adjacent to an activating group) is 1. The van der Waals surface area contributed by atoms with Crippen LogP contribution in [0.4, 0.5) is 0 Å². The van der Waals surface area contributed by atoms with E-state index in [0.717, 1.165) is 32.1 Å². The molecule has 1 rings (SSSR count). The molecule has 0 aromatic carbocycles. The standard InChI is InChI=1S/C15H32N4S.HI/c1-4-16-15(17-10-6-7-12-20-3)18-13-14-9-8-11-19(14)5-2;/h14H,4-13H2,1-3H3,(H2,16,17,18);1H. The van der Waals surface area contributed by atoms with Gasteiger partial charge in [0.2, 0.25) is 0 Å². The number of hydrogen-bond donors (Lipinski definition) is 2. The minimum Gasteiger partial charge on any atom is -0.357 e. The molecule has 126 valence electrons. The zero-order valence-corrected chi connectivity index (χ0v) is 17.0. The van der Waals surface area contributed by atoms with Gasteiger partial charge in [0, 0.05) is 19.1 Å². The fourth-order valence-electron chi connectivity index (χ4n) is 2.63. The van der Waals surface area contributed by atoms with Crippen molar-refractivity contribution >= 4 is 41.7 Å². The molecule has 2 N–H and O–H groups in total. The van der Waals surface area contributed by atoms with Crippen LogP contribution in [0.25, 0.3) is 0 Å². The maximum atomic E-state index is 4.76. The summed E-state index contributed by atoms with van der Waals surface area (Å²) in [5.41, 5.74) is 0. The van der Waals surface area contributed by atoms with Gasteiger partial charge in [-0.1, -0.05) is 6.92 Å². The van der Waals surface area contributed by atoms with Crippen molar-refractivity contribution < 1.29 is 0 Å². The summed E-state index contributed by atoms with van der Waals surface area (Å²) in [6.45, 7) is 9.64. The predicted molar refractivity (Wildman–Crippen MR) is 107 cm³/mol. The van der Waals surface area contributed by atoms with Crippen molar-refractivity contribution in [1.29, 1.82) is 0 Å². The van der Waals surface area contributed by atoms with Gasteiger partial charge in [0.15, 0.2) is 5.96 Å². The third kappa shape index (κ3) is 9.13. The minimum atomic E-state index is 0. The summed E-state index contributed by atoms with van der Waals surface area (Å²) in [6.07, 6.45) is 7.28. The minimum absolute atomic E-state index is 0. The maximum Gasteiger partial charge on any atom is 0.191 e. The molecule has 0 radical (unpaired) electrons. The molecule has 1 saturated heterocycles. The Kier molecular flexibility index (Phi) is 14.1. The van der Waals surface area contributed by atoms with Gasteiger partial charge >= 0.3 is 0 Å². The normalized spacial score (nSPS) is 19.4. The van der Waals surface area contributed by atoms with E-state index in [1.54, 1.807) is 0 Å². The van der Waals surface area contributed by atoms with Crippen LogP contribution in [0.1, 0.15) is 39.5 Å². The first-order chi connectivity index (χ1) is 9.81. The zero-order valence-electron chi connectivity index (χ0n) is 13.9. The molecule has 1 aliphatic heterocycles. The average molecular weight is 428 g/mol. The topological polar surface area (TPSA) is 39.7 Å². The van der Waals surface area contributed by atoms with Gasteiger partial charge in [0.1, 0.15) is 0 Å². The second kappa shape index (κ2) is 13.9. The summed E-state index contributed by atoms with van der Waals surface area (Å²) in [6, 6.07) is 0.645. The van der Waals surface area contributed by atoms with Crippen molar-refractivity contribution in [3.63, 3.8) is 0 Å². The van der Waals surface area contributed by atoms with Gasteiger partial charge in [-0.3, -0.25) is 9.89 Å². The lowest BCUT2D eigenvalue weighted by molar-refractivity contribution is 0.273. The van der Waals surface area contributed by atoms with Crippen LogP contribution in [-0.2, 0) is 0 Å². The molecular formula is C15H33IN4S. The van der Waals surface area contributed by atoms with Gasteiger partial charge < -0.3 is 10.6 Å². The Morgan fingerprint density at radius 1 is 1.29 bits per heavy atom. The Bertz CT molecular complexity index is 276. The Balaban J connectivity index is 0.00000400. The number of nitrogens with zero attached hydrogens (tertiary/aromatic N) is 2. The van der Waals surface area contributed by atoms with E-state index in [-0.39, 0.29) is 24.0 Å². The summed E-state index contributed by atoms with van der Waals surface area (Å²) in [5, 5.41) is 6.79. The van der Waals surface area contributed by atoms with E-state index in [0.29, 0.717) is 6.04 Å². The van der Waals surface area contributed by atoms with Gasteiger partial charge in [-0.25, -0.2) is 0 Å². The van der Waals surface area contributed by atoms with Crippen LogP contribution in [0, 0.1) is 0 Å². The monoisotopic (exact) mass is 428 g/mol. The molecule has 4 nitrogen and oxygen atoms in total. The molecule has 1 unspecified atom stereocenters. The quantitative estimate of drug-likeness (QED) is 0.257. The van der Waals surface area contributed by atoms with Gasteiger partial charge in [0.25, 0.3) is 0 Å². The number of thioether (sulfide) groups is 1. The average Bonchev–Trinajstić information content (AvgIpc) is 2.91. The molecule has 1 aliphatic rings. The molecule has 1 heterocycles. The van der Waals surface area contributed by atoms with Gasteiger partial charge in [-0.2, -0.15) is 11.8 Å². The summed E-state index contributed by atoms with van der Waals surface area (Å²) < 4.78 is 0. The van der Waals surface area contributed by atoms with Crippen LogP contribution in [-0.4, -0.2) is 61.6 Å². The van der Waals surface area contributed by atoms with Crippen molar-refractivity contribution in [1.82, 2.24) is 15.5 Å². The van der Waals surface area contributed by atoms with Gasteiger partial charge in [-0.15, -0.1) is 24.0 Å². The number of likely N-dealkylation sites (tertiary alicyclic amines) is 1. The number of halogens is 1. The van der Waals surface area contributed by atoms with E-state index in [4.69, 9.17) is 4.99 Å². The fraction of sp³-hybridized carbons (Fsp3) is 0.933. The summed E-state index contributed by atoms with van der Waals surface area (Å²) in [5.74, 6) is 2.24. The molecule has 0 spiro atoms.